The summed E-state index contributed by atoms with van der Waals surface area (Å²) in [6, 6.07) is 22.4. The fourth-order valence-corrected chi connectivity index (χ4v) is 4.07. The first-order valence-electron chi connectivity index (χ1n) is 8.84. The van der Waals surface area contributed by atoms with Crippen LogP contribution < -0.4 is 4.74 Å². The van der Waals surface area contributed by atoms with Crippen LogP contribution in [0.15, 0.2) is 78.9 Å². The number of alkyl halides is 3. The number of nitrogens with zero attached hydrogens (tertiary/aromatic N) is 1. The molecule has 0 radical (unpaired) electrons. The molecule has 0 fully saturated rings. The summed E-state index contributed by atoms with van der Waals surface area (Å²) < 4.78 is 44.0. The number of rotatable bonds is 4. The van der Waals surface area contributed by atoms with Crippen molar-refractivity contribution in [2.45, 2.75) is 6.18 Å². The van der Waals surface area contributed by atoms with Crippen LogP contribution in [-0.4, -0.2) is 12.1 Å². The van der Waals surface area contributed by atoms with Gasteiger partial charge in [0.1, 0.15) is 10.8 Å². The normalized spacial score (nSPS) is 11.4. The molecule has 0 aliphatic carbocycles. The Morgan fingerprint density at radius 3 is 1.97 bits per heavy atom. The van der Waals surface area contributed by atoms with Gasteiger partial charge in [-0.3, -0.25) is 0 Å². The third kappa shape index (κ3) is 4.03. The van der Waals surface area contributed by atoms with Crippen molar-refractivity contribution < 1.29 is 17.9 Å². The standard InChI is InChI=1S/C23H16F3NOS/c1-28-19-13-9-17(10-14-19)22-27-20(15-5-3-2-4-6-15)21(29-22)16-7-11-18(12-8-16)23(24,25)26/h2-14H,1H3. The van der Waals surface area contributed by atoms with E-state index in [0.29, 0.717) is 5.56 Å². The summed E-state index contributed by atoms with van der Waals surface area (Å²) in [5, 5.41) is 0.793. The number of halogens is 3. The fraction of sp³-hybridized carbons (Fsp3) is 0.0870. The highest BCUT2D eigenvalue weighted by Crippen LogP contribution is 2.41. The molecule has 1 aromatic heterocycles. The average molecular weight is 411 g/mol. The van der Waals surface area contributed by atoms with Crippen LogP contribution in [0.3, 0.4) is 0 Å². The summed E-state index contributed by atoms with van der Waals surface area (Å²) in [6.07, 6.45) is -4.36. The van der Waals surface area contributed by atoms with E-state index in [1.807, 2.05) is 54.6 Å². The van der Waals surface area contributed by atoms with Crippen LogP contribution in [0.4, 0.5) is 13.2 Å². The van der Waals surface area contributed by atoms with Gasteiger partial charge in [-0.15, -0.1) is 11.3 Å². The smallest absolute Gasteiger partial charge is 0.416 e. The summed E-state index contributed by atoms with van der Waals surface area (Å²) in [6.45, 7) is 0. The Labute approximate surface area is 170 Å². The van der Waals surface area contributed by atoms with E-state index < -0.39 is 11.7 Å². The molecule has 4 rings (SSSR count). The second kappa shape index (κ2) is 7.72. The number of hydrogen-bond donors (Lipinski definition) is 0. The van der Waals surface area contributed by atoms with E-state index in [-0.39, 0.29) is 0 Å². The third-order valence-corrected chi connectivity index (χ3v) is 5.64. The van der Waals surface area contributed by atoms with Gasteiger partial charge in [-0.1, -0.05) is 42.5 Å². The van der Waals surface area contributed by atoms with E-state index in [1.54, 1.807) is 7.11 Å². The Hall–Kier alpha value is -3.12. The van der Waals surface area contributed by atoms with Gasteiger partial charge in [0.25, 0.3) is 0 Å². The van der Waals surface area contributed by atoms with Crippen molar-refractivity contribution >= 4 is 11.3 Å². The molecule has 29 heavy (non-hydrogen) atoms. The van der Waals surface area contributed by atoms with Gasteiger partial charge in [-0.25, -0.2) is 4.98 Å². The first-order chi connectivity index (χ1) is 14.0. The Kier molecular flexibility index (Phi) is 5.11. The molecule has 2 nitrogen and oxygen atoms in total. The zero-order valence-corrected chi connectivity index (χ0v) is 16.2. The van der Waals surface area contributed by atoms with Gasteiger partial charge in [-0.05, 0) is 42.0 Å². The topological polar surface area (TPSA) is 22.1 Å². The van der Waals surface area contributed by atoms with Gasteiger partial charge in [0.15, 0.2) is 0 Å². The van der Waals surface area contributed by atoms with Gasteiger partial charge in [0.2, 0.25) is 0 Å². The monoisotopic (exact) mass is 411 g/mol. The number of hydrogen-bond acceptors (Lipinski definition) is 3. The summed E-state index contributed by atoms with van der Waals surface area (Å²) in [5.41, 5.74) is 2.63. The molecule has 6 heteroatoms. The number of methoxy groups -OCH3 is 1. The van der Waals surface area contributed by atoms with Crippen LogP contribution in [0, 0.1) is 0 Å². The number of ether oxygens (including phenoxy) is 1. The lowest BCUT2D eigenvalue weighted by Crippen LogP contribution is -2.03. The first kappa shape index (κ1) is 19.2. The van der Waals surface area contributed by atoms with Gasteiger partial charge >= 0.3 is 6.18 Å². The largest absolute Gasteiger partial charge is 0.497 e. The van der Waals surface area contributed by atoms with Crippen molar-refractivity contribution in [1.29, 1.82) is 0 Å². The molecule has 0 spiro atoms. The molecule has 0 N–H and O–H groups in total. The van der Waals surface area contributed by atoms with Gasteiger partial charge in [0, 0.05) is 11.1 Å². The van der Waals surface area contributed by atoms with Crippen LogP contribution in [0.1, 0.15) is 5.56 Å². The molecule has 0 saturated heterocycles. The molecule has 0 bridgehead atoms. The molecule has 0 saturated carbocycles. The van der Waals surface area contributed by atoms with Crippen molar-refractivity contribution in [1.82, 2.24) is 4.98 Å². The molecule has 4 aromatic rings. The van der Waals surface area contributed by atoms with Crippen molar-refractivity contribution in [3.05, 3.63) is 84.4 Å². The maximum absolute atomic E-state index is 12.9. The zero-order valence-electron chi connectivity index (χ0n) is 15.4. The van der Waals surface area contributed by atoms with Crippen LogP contribution in [0.2, 0.25) is 0 Å². The van der Waals surface area contributed by atoms with E-state index in [4.69, 9.17) is 9.72 Å². The Morgan fingerprint density at radius 1 is 0.759 bits per heavy atom. The van der Waals surface area contributed by atoms with Crippen LogP contribution >= 0.6 is 11.3 Å². The lowest BCUT2D eigenvalue weighted by atomic mass is 10.1. The lowest BCUT2D eigenvalue weighted by molar-refractivity contribution is -0.137. The maximum atomic E-state index is 12.9. The second-order valence-electron chi connectivity index (χ2n) is 6.37. The predicted octanol–water partition coefficient (Wildman–Crippen LogP) is 7.17. The first-order valence-corrected chi connectivity index (χ1v) is 9.65. The summed E-state index contributed by atoms with van der Waals surface area (Å²) in [4.78, 5) is 5.64. The molecule has 0 unspecified atom stereocenters. The van der Waals surface area contributed by atoms with Gasteiger partial charge in [0.05, 0.1) is 23.2 Å². The van der Waals surface area contributed by atoms with Gasteiger partial charge in [-0.2, -0.15) is 13.2 Å². The molecule has 146 valence electrons. The summed E-state index contributed by atoms with van der Waals surface area (Å²) in [7, 11) is 1.61. The van der Waals surface area contributed by atoms with Crippen molar-refractivity contribution in [3.63, 3.8) is 0 Å². The van der Waals surface area contributed by atoms with Gasteiger partial charge < -0.3 is 4.74 Å². The molecule has 0 aliphatic rings. The Bertz CT molecular complexity index is 1100. The van der Waals surface area contributed by atoms with Crippen molar-refractivity contribution in [3.8, 4) is 38.0 Å². The molecule has 1 heterocycles. The molecule has 0 amide bonds. The summed E-state index contributed by atoms with van der Waals surface area (Å²) >= 11 is 1.45. The second-order valence-corrected chi connectivity index (χ2v) is 7.37. The van der Waals surface area contributed by atoms with Crippen LogP contribution in [-0.2, 0) is 6.18 Å². The molecule has 3 aromatic carbocycles. The molecule has 0 aliphatic heterocycles. The highest BCUT2D eigenvalue weighted by atomic mass is 32.1. The third-order valence-electron chi connectivity index (χ3n) is 4.49. The van der Waals surface area contributed by atoms with Crippen molar-refractivity contribution in [2.24, 2.45) is 0 Å². The molecule has 0 atom stereocenters. The quantitative estimate of drug-likeness (QED) is 0.355. The van der Waals surface area contributed by atoms with Crippen molar-refractivity contribution in [2.75, 3.05) is 7.11 Å². The maximum Gasteiger partial charge on any atom is 0.416 e. The Morgan fingerprint density at radius 2 is 1.38 bits per heavy atom. The predicted molar refractivity (Wildman–Crippen MR) is 110 cm³/mol. The van der Waals surface area contributed by atoms with E-state index in [1.165, 1.54) is 23.5 Å². The van der Waals surface area contributed by atoms with E-state index >= 15 is 0 Å². The zero-order chi connectivity index (χ0) is 20.4. The summed E-state index contributed by atoms with van der Waals surface area (Å²) in [5.74, 6) is 0.747. The minimum Gasteiger partial charge on any atom is -0.497 e. The number of benzene rings is 3. The highest BCUT2D eigenvalue weighted by Gasteiger charge is 2.30. The van der Waals surface area contributed by atoms with E-state index in [9.17, 15) is 13.2 Å². The van der Waals surface area contributed by atoms with Crippen LogP contribution in [0.5, 0.6) is 5.75 Å². The minimum atomic E-state index is -4.36. The SMILES string of the molecule is COc1ccc(-c2nc(-c3ccccc3)c(-c3ccc(C(F)(F)F)cc3)s2)cc1. The van der Waals surface area contributed by atoms with E-state index in [2.05, 4.69) is 0 Å². The minimum absolute atomic E-state index is 0.664. The fourth-order valence-electron chi connectivity index (χ4n) is 2.98. The lowest BCUT2D eigenvalue weighted by Gasteiger charge is -2.07. The Balaban J connectivity index is 1.82. The highest BCUT2D eigenvalue weighted by molar-refractivity contribution is 7.19. The molecular weight excluding hydrogens is 395 g/mol. The average Bonchev–Trinajstić information content (AvgIpc) is 3.19. The number of thiazole rings is 1. The van der Waals surface area contributed by atoms with Crippen LogP contribution in [0.25, 0.3) is 32.3 Å². The number of aromatic nitrogens is 1. The van der Waals surface area contributed by atoms with E-state index in [0.717, 1.165) is 44.6 Å². The molecular formula is C23H16F3NOS.